The number of benzene rings is 1. The number of likely N-dealkylation sites (tertiary alicyclic amines) is 1. The van der Waals surface area contributed by atoms with Crippen molar-refractivity contribution >= 4 is 23.2 Å². The molecule has 2 N–H and O–H groups in total. The van der Waals surface area contributed by atoms with Gasteiger partial charge in [-0.15, -0.1) is 11.3 Å². The number of hydrogen-bond acceptors (Lipinski definition) is 3. The summed E-state index contributed by atoms with van der Waals surface area (Å²) >= 11 is 1.84. The third-order valence-corrected chi connectivity index (χ3v) is 5.98. The molecule has 1 saturated heterocycles. The van der Waals surface area contributed by atoms with Gasteiger partial charge in [-0.05, 0) is 36.1 Å². The average molecular weight is 385 g/mol. The summed E-state index contributed by atoms with van der Waals surface area (Å²) in [5.41, 5.74) is 2.37. The Morgan fingerprint density at radius 2 is 1.78 bits per heavy atom. The second kappa shape index (κ2) is 9.55. The maximum Gasteiger partial charge on any atom is 0.222 e. The smallest absolute Gasteiger partial charge is 0.222 e. The quantitative estimate of drug-likeness (QED) is 0.569. The van der Waals surface area contributed by atoms with Crippen molar-refractivity contribution in [2.75, 3.05) is 13.6 Å². The number of amides is 1. The van der Waals surface area contributed by atoms with E-state index in [4.69, 9.17) is 0 Å². The van der Waals surface area contributed by atoms with Gasteiger partial charge in [-0.2, -0.15) is 0 Å². The van der Waals surface area contributed by atoms with E-state index in [0.717, 1.165) is 38.4 Å². The Balaban J connectivity index is 1.45. The molecule has 6 heteroatoms. The highest BCUT2D eigenvalue weighted by Crippen LogP contribution is 2.16. The first-order chi connectivity index (χ1) is 13.2. The van der Waals surface area contributed by atoms with Gasteiger partial charge in [-0.25, -0.2) is 0 Å². The van der Waals surface area contributed by atoms with Crippen LogP contribution in [0.3, 0.4) is 0 Å². The average Bonchev–Trinajstić information content (AvgIpc) is 3.32. The molecule has 1 fully saturated rings. The van der Waals surface area contributed by atoms with Crippen molar-refractivity contribution in [1.29, 1.82) is 0 Å². The Morgan fingerprint density at radius 3 is 2.41 bits per heavy atom. The van der Waals surface area contributed by atoms with E-state index >= 15 is 0 Å². The first-order valence-corrected chi connectivity index (χ1v) is 10.4. The monoisotopic (exact) mass is 384 g/mol. The van der Waals surface area contributed by atoms with E-state index in [2.05, 4.69) is 58.9 Å². The van der Waals surface area contributed by atoms with Crippen LogP contribution in [0.25, 0.3) is 0 Å². The first-order valence-electron chi connectivity index (χ1n) is 9.55. The molecule has 0 saturated carbocycles. The molecule has 0 unspecified atom stereocenters. The second-order valence-corrected chi connectivity index (χ2v) is 7.99. The van der Waals surface area contributed by atoms with Gasteiger partial charge < -0.3 is 15.5 Å². The molecule has 0 bridgehead atoms. The van der Waals surface area contributed by atoms with Crippen LogP contribution in [0.5, 0.6) is 0 Å². The minimum Gasteiger partial charge on any atom is -0.352 e. The van der Waals surface area contributed by atoms with Crippen LogP contribution in [0, 0.1) is 0 Å². The molecular formula is C21H28N4OS. The minimum atomic E-state index is 0.271. The topological polar surface area (TPSA) is 56.7 Å². The molecule has 1 aromatic heterocycles. The molecule has 144 valence electrons. The molecule has 0 spiro atoms. The van der Waals surface area contributed by atoms with Crippen molar-refractivity contribution < 1.29 is 4.79 Å². The predicted molar refractivity (Wildman–Crippen MR) is 112 cm³/mol. The van der Waals surface area contributed by atoms with Gasteiger partial charge in [0.05, 0.1) is 6.54 Å². The van der Waals surface area contributed by atoms with Crippen molar-refractivity contribution in [2.24, 2.45) is 4.99 Å². The van der Waals surface area contributed by atoms with Crippen molar-refractivity contribution in [3.8, 4) is 0 Å². The van der Waals surface area contributed by atoms with Crippen LogP contribution in [0.4, 0.5) is 0 Å². The summed E-state index contributed by atoms with van der Waals surface area (Å²) < 4.78 is 0. The highest BCUT2D eigenvalue weighted by Gasteiger charge is 2.19. The number of carbonyl (C=O) groups is 1. The molecule has 1 aliphatic heterocycles. The van der Waals surface area contributed by atoms with Crippen molar-refractivity contribution in [3.63, 3.8) is 0 Å². The standard InChI is InChI=1S/C21H28N4OS/c1-3-18-10-11-19(27-18)14-24-21(22-2)23-13-16-6-8-17(9-7-16)15-25-12-4-5-20(25)26/h6-11H,3-5,12-15H2,1-2H3,(H2,22,23,24). The Labute approximate surface area is 165 Å². The number of rotatable bonds is 7. The number of guanidine groups is 1. The number of aryl methyl sites for hydroxylation is 1. The lowest BCUT2D eigenvalue weighted by Crippen LogP contribution is -2.36. The Morgan fingerprint density at radius 1 is 1.07 bits per heavy atom. The number of thiophene rings is 1. The normalized spacial score (nSPS) is 14.7. The maximum atomic E-state index is 11.7. The molecule has 1 aromatic carbocycles. The third kappa shape index (κ3) is 5.57. The fraction of sp³-hybridized carbons (Fsp3) is 0.429. The van der Waals surface area contributed by atoms with Gasteiger partial charge >= 0.3 is 0 Å². The second-order valence-electron chi connectivity index (χ2n) is 6.74. The van der Waals surface area contributed by atoms with Gasteiger partial charge in [0, 0.05) is 42.9 Å². The molecule has 27 heavy (non-hydrogen) atoms. The van der Waals surface area contributed by atoms with Crippen LogP contribution in [-0.2, 0) is 30.8 Å². The number of carbonyl (C=O) groups excluding carboxylic acids is 1. The fourth-order valence-corrected chi connectivity index (χ4v) is 4.04. The molecule has 0 radical (unpaired) electrons. The third-order valence-electron chi connectivity index (χ3n) is 4.75. The highest BCUT2D eigenvalue weighted by atomic mass is 32.1. The van der Waals surface area contributed by atoms with E-state index in [1.54, 1.807) is 7.05 Å². The van der Waals surface area contributed by atoms with Crippen molar-refractivity contribution in [3.05, 3.63) is 57.3 Å². The molecule has 2 heterocycles. The molecule has 1 aliphatic rings. The minimum absolute atomic E-state index is 0.271. The first kappa shape index (κ1) is 19.4. The summed E-state index contributed by atoms with van der Waals surface area (Å²) in [5, 5.41) is 6.72. The van der Waals surface area contributed by atoms with Gasteiger partial charge in [0.2, 0.25) is 5.91 Å². The zero-order chi connectivity index (χ0) is 19.1. The summed E-state index contributed by atoms with van der Waals surface area (Å²) in [6, 6.07) is 12.8. The van der Waals surface area contributed by atoms with Crippen LogP contribution >= 0.6 is 11.3 Å². The van der Waals surface area contributed by atoms with E-state index in [0.29, 0.717) is 13.0 Å². The molecule has 5 nitrogen and oxygen atoms in total. The lowest BCUT2D eigenvalue weighted by atomic mass is 10.1. The molecule has 0 aliphatic carbocycles. The summed E-state index contributed by atoms with van der Waals surface area (Å²) in [7, 11) is 1.79. The number of hydrogen-bond donors (Lipinski definition) is 2. The van der Waals surface area contributed by atoms with Gasteiger partial charge in [0.25, 0.3) is 0 Å². The summed E-state index contributed by atoms with van der Waals surface area (Å²) in [6.07, 6.45) is 2.76. The Kier molecular flexibility index (Phi) is 6.87. The van der Waals surface area contributed by atoms with Crippen LogP contribution in [-0.4, -0.2) is 30.4 Å². The molecule has 3 rings (SSSR count). The van der Waals surface area contributed by atoms with Gasteiger partial charge in [0.1, 0.15) is 0 Å². The molecule has 0 atom stereocenters. The lowest BCUT2D eigenvalue weighted by molar-refractivity contribution is -0.128. The fourth-order valence-electron chi connectivity index (χ4n) is 3.14. The Hall–Kier alpha value is -2.34. The van der Waals surface area contributed by atoms with Crippen LogP contribution in [0.15, 0.2) is 41.4 Å². The largest absolute Gasteiger partial charge is 0.352 e. The van der Waals surface area contributed by atoms with E-state index in [1.807, 2.05) is 16.2 Å². The van der Waals surface area contributed by atoms with E-state index in [9.17, 15) is 4.79 Å². The zero-order valence-corrected chi connectivity index (χ0v) is 16.9. The highest BCUT2D eigenvalue weighted by molar-refractivity contribution is 7.11. The van der Waals surface area contributed by atoms with E-state index < -0.39 is 0 Å². The molecule has 2 aromatic rings. The number of nitrogens with one attached hydrogen (secondary N) is 2. The zero-order valence-electron chi connectivity index (χ0n) is 16.1. The van der Waals surface area contributed by atoms with E-state index in [-0.39, 0.29) is 5.91 Å². The van der Waals surface area contributed by atoms with Gasteiger partial charge in [0.15, 0.2) is 5.96 Å². The van der Waals surface area contributed by atoms with Crippen molar-refractivity contribution in [1.82, 2.24) is 15.5 Å². The van der Waals surface area contributed by atoms with Crippen LogP contribution in [0.1, 0.15) is 40.6 Å². The van der Waals surface area contributed by atoms with E-state index in [1.165, 1.54) is 20.9 Å². The van der Waals surface area contributed by atoms with Gasteiger partial charge in [-0.1, -0.05) is 31.2 Å². The van der Waals surface area contributed by atoms with Crippen molar-refractivity contribution in [2.45, 2.75) is 45.8 Å². The van der Waals surface area contributed by atoms with Crippen LogP contribution < -0.4 is 10.6 Å². The Bertz CT molecular complexity index is 782. The van der Waals surface area contributed by atoms with Gasteiger partial charge in [-0.3, -0.25) is 9.79 Å². The van der Waals surface area contributed by atoms with Crippen LogP contribution in [0.2, 0.25) is 0 Å². The lowest BCUT2D eigenvalue weighted by Gasteiger charge is -2.16. The number of nitrogens with zero attached hydrogens (tertiary/aromatic N) is 2. The predicted octanol–water partition coefficient (Wildman–Crippen LogP) is 3.30. The summed E-state index contributed by atoms with van der Waals surface area (Å²) in [6.45, 7) is 5.28. The SMILES string of the molecule is CCc1ccc(CNC(=NC)NCc2ccc(CN3CCCC3=O)cc2)s1. The molecule has 1 amide bonds. The maximum absolute atomic E-state index is 11.7. The summed E-state index contributed by atoms with van der Waals surface area (Å²) in [5.74, 6) is 1.07. The molecular weight excluding hydrogens is 356 g/mol. The number of aliphatic imine (C=N–C) groups is 1. The summed E-state index contributed by atoms with van der Waals surface area (Å²) in [4.78, 5) is 20.7.